The lowest BCUT2D eigenvalue weighted by Crippen LogP contribution is -2.47. The second kappa shape index (κ2) is 7.42. The fourth-order valence-electron chi connectivity index (χ4n) is 4.37. The second-order valence-electron chi connectivity index (χ2n) is 7.69. The lowest BCUT2D eigenvalue weighted by Gasteiger charge is -2.31. The molecular formula is C21H26N4O4. The zero-order chi connectivity index (χ0) is 20.7. The highest BCUT2D eigenvalue weighted by atomic mass is 16.5. The summed E-state index contributed by atoms with van der Waals surface area (Å²) in [6.07, 6.45) is 2.00. The van der Waals surface area contributed by atoms with E-state index in [2.05, 4.69) is 5.32 Å². The molecule has 0 aliphatic carbocycles. The fourth-order valence-corrected chi connectivity index (χ4v) is 4.37. The summed E-state index contributed by atoms with van der Waals surface area (Å²) in [5, 5.41) is 2.91. The van der Waals surface area contributed by atoms with Crippen LogP contribution < -0.4 is 10.1 Å². The lowest BCUT2D eigenvalue weighted by atomic mass is 9.95. The SMILES string of the molecule is COc1ccccc1[C@H]1NC(=O)N(C)C2=C1C(=O)N([C@H](C)C(=O)N1CCCC1)C2. The van der Waals surface area contributed by atoms with Gasteiger partial charge < -0.3 is 19.9 Å². The normalized spacial score (nSPS) is 22.7. The molecular weight excluding hydrogens is 372 g/mol. The van der Waals surface area contributed by atoms with Crippen molar-refractivity contribution in [3.05, 3.63) is 41.1 Å². The van der Waals surface area contributed by atoms with Crippen LogP contribution in [0.5, 0.6) is 5.75 Å². The van der Waals surface area contributed by atoms with Gasteiger partial charge in [-0.15, -0.1) is 0 Å². The van der Waals surface area contributed by atoms with Gasteiger partial charge in [0.1, 0.15) is 11.8 Å². The van der Waals surface area contributed by atoms with E-state index in [1.54, 1.807) is 32.0 Å². The van der Waals surface area contributed by atoms with Crippen LogP contribution in [0.1, 0.15) is 31.4 Å². The van der Waals surface area contributed by atoms with Crippen LogP contribution in [-0.2, 0) is 9.59 Å². The Hall–Kier alpha value is -3.03. The molecule has 0 spiro atoms. The average molecular weight is 398 g/mol. The van der Waals surface area contributed by atoms with Gasteiger partial charge in [-0.25, -0.2) is 4.79 Å². The number of hydrogen-bond acceptors (Lipinski definition) is 4. The molecule has 0 aromatic heterocycles. The molecule has 4 amide bonds. The molecule has 8 heteroatoms. The number of likely N-dealkylation sites (N-methyl/N-ethyl adjacent to an activating group) is 1. The largest absolute Gasteiger partial charge is 0.496 e. The molecule has 2 atom stereocenters. The molecule has 154 valence electrons. The molecule has 1 aromatic rings. The maximum absolute atomic E-state index is 13.4. The van der Waals surface area contributed by atoms with Crippen molar-refractivity contribution in [3.63, 3.8) is 0 Å². The minimum atomic E-state index is -0.614. The maximum Gasteiger partial charge on any atom is 0.322 e. The number of hydrogen-bond donors (Lipinski definition) is 1. The van der Waals surface area contributed by atoms with Crippen molar-refractivity contribution >= 4 is 17.8 Å². The van der Waals surface area contributed by atoms with Gasteiger partial charge in [0.25, 0.3) is 5.91 Å². The van der Waals surface area contributed by atoms with E-state index >= 15 is 0 Å². The molecule has 1 N–H and O–H groups in total. The monoisotopic (exact) mass is 398 g/mol. The zero-order valence-electron chi connectivity index (χ0n) is 17.0. The maximum atomic E-state index is 13.4. The number of nitrogens with zero attached hydrogens (tertiary/aromatic N) is 3. The number of para-hydroxylation sites is 1. The summed E-state index contributed by atoms with van der Waals surface area (Å²) in [5.41, 5.74) is 1.85. The van der Waals surface area contributed by atoms with Crippen LogP contribution in [0.3, 0.4) is 0 Å². The van der Waals surface area contributed by atoms with Crippen LogP contribution in [0.4, 0.5) is 4.79 Å². The molecule has 3 heterocycles. The van der Waals surface area contributed by atoms with E-state index in [1.165, 1.54) is 4.90 Å². The standard InChI is InChI=1S/C21H26N4O4/c1-13(19(26)24-10-6-7-11-24)25-12-15-17(20(25)27)18(22-21(28)23(15)2)14-8-4-5-9-16(14)29-3/h4-5,8-9,13,18H,6-7,10-12H2,1-3H3,(H,22,28)/t13-,18-/m1/s1. The molecule has 1 fully saturated rings. The van der Waals surface area contributed by atoms with Crippen molar-refractivity contribution < 1.29 is 19.1 Å². The Labute approximate surface area is 170 Å². The highest BCUT2D eigenvalue weighted by molar-refractivity contribution is 6.03. The molecule has 0 radical (unpaired) electrons. The molecule has 0 unspecified atom stereocenters. The van der Waals surface area contributed by atoms with Crippen molar-refractivity contribution in [2.75, 3.05) is 33.8 Å². The molecule has 8 nitrogen and oxygen atoms in total. The number of rotatable bonds is 4. The van der Waals surface area contributed by atoms with E-state index in [-0.39, 0.29) is 24.4 Å². The van der Waals surface area contributed by atoms with Gasteiger partial charge in [0.05, 0.1) is 31.0 Å². The van der Waals surface area contributed by atoms with E-state index in [4.69, 9.17) is 4.74 Å². The van der Waals surface area contributed by atoms with E-state index in [0.29, 0.717) is 17.0 Å². The summed E-state index contributed by atoms with van der Waals surface area (Å²) in [6, 6.07) is 5.86. The lowest BCUT2D eigenvalue weighted by molar-refractivity contribution is -0.141. The summed E-state index contributed by atoms with van der Waals surface area (Å²) in [7, 11) is 3.21. The van der Waals surface area contributed by atoms with Crippen molar-refractivity contribution in [1.82, 2.24) is 20.0 Å². The average Bonchev–Trinajstić information content (AvgIpc) is 3.38. The molecule has 1 saturated heterocycles. The Balaban J connectivity index is 1.67. The van der Waals surface area contributed by atoms with Crippen molar-refractivity contribution in [3.8, 4) is 5.75 Å². The first-order valence-corrected chi connectivity index (χ1v) is 9.94. The van der Waals surface area contributed by atoms with Crippen molar-refractivity contribution in [2.45, 2.75) is 31.8 Å². The number of likely N-dealkylation sites (tertiary alicyclic amines) is 1. The highest BCUT2D eigenvalue weighted by Gasteiger charge is 2.46. The third kappa shape index (κ3) is 3.12. The van der Waals surface area contributed by atoms with Gasteiger partial charge in [-0.1, -0.05) is 18.2 Å². The number of carbonyl (C=O) groups excluding carboxylic acids is 3. The van der Waals surface area contributed by atoms with Gasteiger partial charge in [-0.05, 0) is 25.8 Å². The summed E-state index contributed by atoms with van der Waals surface area (Å²) < 4.78 is 5.45. The van der Waals surface area contributed by atoms with Gasteiger partial charge in [0.15, 0.2) is 0 Å². The van der Waals surface area contributed by atoms with Crippen LogP contribution in [0.15, 0.2) is 35.5 Å². The summed E-state index contributed by atoms with van der Waals surface area (Å²) in [4.78, 5) is 43.7. The van der Waals surface area contributed by atoms with E-state index < -0.39 is 12.1 Å². The number of methoxy groups -OCH3 is 1. The minimum absolute atomic E-state index is 0.0357. The first kappa shape index (κ1) is 19.3. The Morgan fingerprint density at radius 2 is 1.90 bits per heavy atom. The number of benzene rings is 1. The summed E-state index contributed by atoms with van der Waals surface area (Å²) in [5.74, 6) is 0.343. The van der Waals surface area contributed by atoms with Gasteiger partial charge in [-0.2, -0.15) is 0 Å². The van der Waals surface area contributed by atoms with Crippen LogP contribution in [0, 0.1) is 0 Å². The topological polar surface area (TPSA) is 82.2 Å². The third-order valence-corrected chi connectivity index (χ3v) is 6.08. The number of urea groups is 1. The quantitative estimate of drug-likeness (QED) is 0.833. The van der Waals surface area contributed by atoms with Crippen LogP contribution in [-0.4, -0.2) is 72.4 Å². The van der Waals surface area contributed by atoms with E-state index in [1.807, 2.05) is 23.1 Å². The van der Waals surface area contributed by atoms with E-state index in [9.17, 15) is 14.4 Å². The third-order valence-electron chi connectivity index (χ3n) is 6.08. The number of amides is 4. The highest BCUT2D eigenvalue weighted by Crippen LogP contribution is 2.39. The second-order valence-corrected chi connectivity index (χ2v) is 7.69. The zero-order valence-corrected chi connectivity index (χ0v) is 17.0. The Kier molecular flexibility index (Phi) is 4.94. The van der Waals surface area contributed by atoms with Gasteiger partial charge in [0, 0.05) is 25.7 Å². The number of ether oxygens (including phenoxy) is 1. The number of carbonyl (C=O) groups is 3. The van der Waals surface area contributed by atoms with E-state index in [0.717, 1.165) is 31.5 Å². The Morgan fingerprint density at radius 3 is 2.59 bits per heavy atom. The first-order valence-electron chi connectivity index (χ1n) is 9.94. The summed E-state index contributed by atoms with van der Waals surface area (Å²) >= 11 is 0. The molecule has 29 heavy (non-hydrogen) atoms. The minimum Gasteiger partial charge on any atom is -0.496 e. The molecule has 0 saturated carbocycles. The van der Waals surface area contributed by atoms with Gasteiger partial charge in [0.2, 0.25) is 5.91 Å². The first-order chi connectivity index (χ1) is 13.9. The molecule has 1 aromatic carbocycles. The molecule has 3 aliphatic rings. The van der Waals surface area contributed by atoms with Gasteiger partial charge in [-0.3, -0.25) is 14.5 Å². The van der Waals surface area contributed by atoms with Crippen LogP contribution >= 0.6 is 0 Å². The van der Waals surface area contributed by atoms with Crippen molar-refractivity contribution in [1.29, 1.82) is 0 Å². The van der Waals surface area contributed by atoms with Gasteiger partial charge >= 0.3 is 6.03 Å². The fraction of sp³-hybridized carbons (Fsp3) is 0.476. The predicted octanol–water partition coefficient (Wildman–Crippen LogP) is 1.50. The van der Waals surface area contributed by atoms with Crippen LogP contribution in [0.2, 0.25) is 0 Å². The summed E-state index contributed by atoms with van der Waals surface area (Å²) in [6.45, 7) is 3.49. The Morgan fingerprint density at radius 1 is 1.21 bits per heavy atom. The molecule has 4 rings (SSSR count). The molecule has 3 aliphatic heterocycles. The predicted molar refractivity (Wildman–Crippen MR) is 106 cm³/mol. The Bertz CT molecular complexity index is 890. The van der Waals surface area contributed by atoms with Crippen molar-refractivity contribution in [2.24, 2.45) is 0 Å². The van der Waals surface area contributed by atoms with Crippen LogP contribution in [0.25, 0.3) is 0 Å². The smallest absolute Gasteiger partial charge is 0.322 e. The number of nitrogens with one attached hydrogen (secondary N) is 1. The molecule has 0 bridgehead atoms.